The molecule has 2 aliphatic rings. The second-order valence-electron chi connectivity index (χ2n) is 11.2. The summed E-state index contributed by atoms with van der Waals surface area (Å²) >= 11 is 0. The molecule has 2 heterocycles. The van der Waals surface area contributed by atoms with Crippen LogP contribution in [-0.2, 0) is 31.3 Å². The number of carbonyl (C=O) groups is 1. The molecule has 1 fully saturated rings. The van der Waals surface area contributed by atoms with Crippen molar-refractivity contribution >= 4 is 37.5 Å². The smallest absolute Gasteiger partial charge is 0.297 e. The van der Waals surface area contributed by atoms with E-state index in [1.54, 1.807) is 18.2 Å². The number of nitrogens with one attached hydrogen (secondary N) is 2. The number of carbonyl (C=O) groups excluding carboxylic acids is 1. The van der Waals surface area contributed by atoms with Gasteiger partial charge in [0.05, 0.1) is 18.6 Å². The van der Waals surface area contributed by atoms with Crippen molar-refractivity contribution < 1.29 is 31.0 Å². The van der Waals surface area contributed by atoms with Crippen molar-refractivity contribution in [3.05, 3.63) is 29.3 Å². The van der Waals surface area contributed by atoms with Gasteiger partial charge in [0.2, 0.25) is 10.0 Å². The van der Waals surface area contributed by atoms with Crippen LogP contribution in [0.25, 0.3) is 0 Å². The monoisotopic (exact) mass is 599 g/mol. The number of aliphatic hydroxyl groups excluding tert-OH is 1. The van der Waals surface area contributed by atoms with E-state index in [1.165, 1.54) is 36.4 Å². The lowest BCUT2D eigenvalue weighted by Crippen LogP contribution is -3.09. The molecule has 1 amide bonds. The second kappa shape index (κ2) is 14.4. The number of aliphatic imine (C=N–C) groups is 1. The average molecular weight is 600 g/mol. The minimum atomic E-state index is -3.54. The van der Waals surface area contributed by atoms with E-state index in [2.05, 4.69) is 12.2 Å². The van der Waals surface area contributed by atoms with E-state index in [0.717, 1.165) is 42.5 Å². The molecule has 3 rings (SSSR count). The molecule has 1 spiro atoms. The molecule has 10 nitrogen and oxygen atoms in total. The standard InChI is InChI=1S/C28H46N4O6S2/c1-4-5-6-7-8-9-10-11-26-29-27(34)28(30-26)15-17-31(18-16-28)40(37,38)21-14-24-12-13-25(22-23(24)2)32(19-20-33)39(3,35)36/h12-13,22,33H,4-11,14-21H2,1-3H3,(H,29,30,34)/p+1. The highest BCUT2D eigenvalue weighted by atomic mass is 32.2. The molecular formula is C28H47N4O6S2+. The van der Waals surface area contributed by atoms with Crippen LogP contribution >= 0.6 is 0 Å². The van der Waals surface area contributed by atoms with Gasteiger partial charge in [0, 0.05) is 31.6 Å². The molecule has 226 valence electrons. The van der Waals surface area contributed by atoms with Crippen LogP contribution in [0.5, 0.6) is 0 Å². The van der Waals surface area contributed by atoms with Crippen LogP contribution in [0.15, 0.2) is 23.2 Å². The zero-order chi connectivity index (χ0) is 29.4. The first-order valence-electron chi connectivity index (χ1n) is 14.6. The summed E-state index contributed by atoms with van der Waals surface area (Å²) in [5, 5.41) is 12.2. The first-order chi connectivity index (χ1) is 18.9. The molecular weight excluding hydrogens is 552 g/mol. The number of aryl methyl sites for hydroxylation is 2. The Morgan fingerprint density at radius 3 is 2.27 bits per heavy atom. The van der Waals surface area contributed by atoms with E-state index >= 15 is 0 Å². The molecule has 0 aliphatic carbocycles. The van der Waals surface area contributed by atoms with Crippen molar-refractivity contribution in [1.29, 1.82) is 0 Å². The molecule has 12 heteroatoms. The van der Waals surface area contributed by atoms with E-state index in [9.17, 15) is 26.7 Å². The number of amidine groups is 1. The number of rotatable bonds is 16. The molecule has 1 aromatic carbocycles. The summed E-state index contributed by atoms with van der Waals surface area (Å²) in [6.07, 6.45) is 11.3. The fourth-order valence-corrected chi connectivity index (χ4v) is 8.08. The van der Waals surface area contributed by atoms with E-state index in [-0.39, 0.29) is 42.2 Å². The van der Waals surface area contributed by atoms with Gasteiger partial charge >= 0.3 is 0 Å². The lowest BCUT2D eigenvalue weighted by Gasteiger charge is -2.34. The molecule has 2 aliphatic heterocycles. The van der Waals surface area contributed by atoms with Gasteiger partial charge < -0.3 is 10.4 Å². The predicted octanol–water partition coefficient (Wildman–Crippen LogP) is 1.84. The quantitative estimate of drug-likeness (QED) is 0.248. The van der Waals surface area contributed by atoms with Crippen molar-refractivity contribution in [1.82, 2.24) is 9.62 Å². The number of hydrogen-bond acceptors (Lipinski definition) is 7. The minimum absolute atomic E-state index is 0.0329. The Balaban J connectivity index is 1.52. The molecule has 0 aromatic heterocycles. The maximum atomic E-state index is 13.2. The maximum absolute atomic E-state index is 13.2. The van der Waals surface area contributed by atoms with Gasteiger partial charge in [-0.25, -0.2) is 12.7 Å². The fraction of sp³-hybridized carbons (Fsp3) is 0.714. The average Bonchev–Trinajstić information content (AvgIpc) is 3.19. The molecule has 40 heavy (non-hydrogen) atoms. The second-order valence-corrected chi connectivity index (χ2v) is 15.3. The normalized spacial score (nSPS) is 18.6. The van der Waals surface area contributed by atoms with Gasteiger partial charge in [0.1, 0.15) is 23.6 Å². The third-order valence-corrected chi connectivity index (χ3v) is 11.3. The number of unbranched alkanes of at least 4 members (excludes halogenated alkanes) is 6. The zero-order valence-electron chi connectivity index (χ0n) is 24.2. The highest BCUT2D eigenvalue weighted by Crippen LogP contribution is 2.32. The highest BCUT2D eigenvalue weighted by molar-refractivity contribution is 7.89. The first-order valence-corrected chi connectivity index (χ1v) is 18.1. The third-order valence-electron chi connectivity index (χ3n) is 8.07. The number of hydrogen-bond donors (Lipinski definition) is 3. The summed E-state index contributed by atoms with van der Waals surface area (Å²) in [5.41, 5.74) is 1.29. The minimum Gasteiger partial charge on any atom is -0.390 e. The van der Waals surface area contributed by atoms with Gasteiger partial charge in [-0.3, -0.25) is 9.79 Å². The molecule has 1 unspecified atom stereocenters. The van der Waals surface area contributed by atoms with Crippen molar-refractivity contribution in [2.45, 2.75) is 90.0 Å². The van der Waals surface area contributed by atoms with Crippen LogP contribution in [0.1, 0.15) is 82.3 Å². The lowest BCUT2D eigenvalue weighted by molar-refractivity contribution is -0.691. The van der Waals surface area contributed by atoms with Crippen molar-refractivity contribution in [3.8, 4) is 0 Å². The first kappa shape index (κ1) is 32.7. The van der Waals surface area contributed by atoms with Crippen molar-refractivity contribution in [2.75, 3.05) is 38.2 Å². The number of benzene rings is 1. The van der Waals surface area contributed by atoms with Gasteiger partial charge in [-0.15, -0.1) is 0 Å². The van der Waals surface area contributed by atoms with Crippen LogP contribution in [0.2, 0.25) is 0 Å². The topological polar surface area (TPSA) is 138 Å². The molecule has 0 bridgehead atoms. The molecule has 1 atom stereocenters. The van der Waals surface area contributed by atoms with Crippen LogP contribution in [-0.4, -0.2) is 81.8 Å². The molecule has 1 aromatic rings. The number of aliphatic hydroxyl groups is 1. The Hall–Kier alpha value is -1.86. The number of nitrogens with zero attached hydrogens (tertiary/aromatic N) is 2. The summed E-state index contributed by atoms with van der Waals surface area (Å²) in [5.74, 6) is 0.562. The Bertz CT molecular complexity index is 1260. The highest BCUT2D eigenvalue weighted by Gasteiger charge is 2.47. The summed E-state index contributed by atoms with van der Waals surface area (Å²) in [6.45, 7) is 4.32. The fourth-order valence-electron chi connectivity index (χ4n) is 5.59. The largest absolute Gasteiger partial charge is 0.390 e. The molecule has 1 saturated heterocycles. The number of piperidine rings is 1. The lowest BCUT2D eigenvalue weighted by atomic mass is 9.89. The zero-order valence-corrected chi connectivity index (χ0v) is 25.9. The summed E-state index contributed by atoms with van der Waals surface area (Å²) in [7, 11) is -7.01. The van der Waals surface area contributed by atoms with E-state index in [1.807, 2.05) is 6.92 Å². The van der Waals surface area contributed by atoms with Crippen molar-refractivity contribution in [2.24, 2.45) is 4.99 Å². The number of sulfonamides is 2. The van der Waals surface area contributed by atoms with Crippen LogP contribution < -0.4 is 9.62 Å². The van der Waals surface area contributed by atoms with Crippen LogP contribution in [0.3, 0.4) is 0 Å². The SMILES string of the molecule is CCCCCCCCCC1=NC2(CCN(S(=O)(=O)CCc3ccc([NH+](CCO)S(C)(=O)=O)cc3C)CC2)C(=O)N1. The van der Waals surface area contributed by atoms with E-state index in [0.29, 0.717) is 24.9 Å². The number of amides is 1. The van der Waals surface area contributed by atoms with Crippen LogP contribution in [0.4, 0.5) is 5.69 Å². The van der Waals surface area contributed by atoms with Gasteiger partial charge in [0.25, 0.3) is 15.9 Å². The Kier molecular flexibility index (Phi) is 11.7. The number of quaternary nitrogens is 1. The summed E-state index contributed by atoms with van der Waals surface area (Å²) < 4.78 is 52.2. The van der Waals surface area contributed by atoms with Crippen LogP contribution in [0, 0.1) is 6.92 Å². The molecule has 0 radical (unpaired) electrons. The molecule has 0 saturated carbocycles. The van der Waals surface area contributed by atoms with Gasteiger partial charge in [-0.1, -0.05) is 51.5 Å². The van der Waals surface area contributed by atoms with Crippen molar-refractivity contribution in [3.63, 3.8) is 0 Å². The van der Waals surface area contributed by atoms with Gasteiger partial charge in [-0.2, -0.15) is 12.7 Å². The van der Waals surface area contributed by atoms with E-state index in [4.69, 9.17) is 4.99 Å². The Labute approximate surface area is 240 Å². The maximum Gasteiger partial charge on any atom is 0.297 e. The Morgan fingerprint density at radius 2 is 1.68 bits per heavy atom. The summed E-state index contributed by atoms with van der Waals surface area (Å²) in [4.78, 5) is 17.6. The molecule has 3 N–H and O–H groups in total. The van der Waals surface area contributed by atoms with Gasteiger partial charge in [0.15, 0.2) is 0 Å². The summed E-state index contributed by atoms with van der Waals surface area (Å²) in [6, 6.07) is 5.17. The van der Waals surface area contributed by atoms with E-state index < -0.39 is 25.6 Å². The third kappa shape index (κ3) is 8.58. The Morgan fingerprint density at radius 1 is 1.02 bits per heavy atom. The predicted molar refractivity (Wildman–Crippen MR) is 158 cm³/mol. The van der Waals surface area contributed by atoms with Gasteiger partial charge in [-0.05, 0) is 43.7 Å².